The summed E-state index contributed by atoms with van der Waals surface area (Å²) in [6.07, 6.45) is -3.47. The van der Waals surface area contributed by atoms with Crippen LogP contribution < -0.4 is 5.32 Å². The first-order valence-corrected chi connectivity index (χ1v) is 6.27. The average Bonchev–Trinajstić information content (AvgIpc) is 2.80. The van der Waals surface area contributed by atoms with E-state index in [4.69, 9.17) is 0 Å². The lowest BCUT2D eigenvalue weighted by Gasteiger charge is -2.29. The standard InChI is InChI=1S/C12H16F3N3O2/c1-7-5-10(12(13,14)15)17-18(7)8-3-4-16-9(6-8)11(19)20-2/h5,8-9,16H,3-4,6H2,1-2H3. The predicted octanol–water partition coefficient (Wildman–Crippen LogP) is 1.68. The molecule has 0 saturated carbocycles. The fourth-order valence-corrected chi connectivity index (χ4v) is 2.44. The van der Waals surface area contributed by atoms with Gasteiger partial charge in [0.1, 0.15) is 6.04 Å². The topological polar surface area (TPSA) is 56.2 Å². The van der Waals surface area contributed by atoms with Crippen molar-refractivity contribution in [3.63, 3.8) is 0 Å². The molecule has 2 unspecified atom stereocenters. The van der Waals surface area contributed by atoms with E-state index >= 15 is 0 Å². The molecule has 0 bridgehead atoms. The number of halogens is 3. The van der Waals surface area contributed by atoms with Gasteiger partial charge in [-0.2, -0.15) is 18.3 Å². The normalized spacial score (nSPS) is 23.6. The number of methoxy groups -OCH3 is 1. The van der Waals surface area contributed by atoms with Crippen molar-refractivity contribution < 1.29 is 22.7 Å². The van der Waals surface area contributed by atoms with Gasteiger partial charge >= 0.3 is 12.1 Å². The summed E-state index contributed by atoms with van der Waals surface area (Å²) in [6, 6.07) is 0.281. The largest absolute Gasteiger partial charge is 0.468 e. The van der Waals surface area contributed by atoms with Gasteiger partial charge in [0, 0.05) is 5.69 Å². The number of carbonyl (C=O) groups excluding carboxylic acids is 1. The van der Waals surface area contributed by atoms with Crippen LogP contribution in [0.1, 0.15) is 30.3 Å². The molecule has 2 atom stereocenters. The highest BCUT2D eigenvalue weighted by molar-refractivity contribution is 5.75. The maximum Gasteiger partial charge on any atom is 0.435 e. The molecule has 0 amide bonds. The second-order valence-electron chi connectivity index (χ2n) is 4.82. The maximum atomic E-state index is 12.6. The highest BCUT2D eigenvalue weighted by atomic mass is 19.4. The number of alkyl halides is 3. The van der Waals surface area contributed by atoms with Gasteiger partial charge in [0.2, 0.25) is 0 Å². The molecular weight excluding hydrogens is 275 g/mol. The van der Waals surface area contributed by atoms with Gasteiger partial charge in [0.15, 0.2) is 5.69 Å². The number of nitrogens with one attached hydrogen (secondary N) is 1. The van der Waals surface area contributed by atoms with Crippen LogP contribution in [0.3, 0.4) is 0 Å². The summed E-state index contributed by atoms with van der Waals surface area (Å²) in [5.41, 5.74) is -0.462. The fourth-order valence-electron chi connectivity index (χ4n) is 2.44. The number of piperidine rings is 1. The van der Waals surface area contributed by atoms with Gasteiger partial charge in [-0.1, -0.05) is 0 Å². The summed E-state index contributed by atoms with van der Waals surface area (Å²) in [4.78, 5) is 11.5. The zero-order valence-electron chi connectivity index (χ0n) is 11.2. The first-order chi connectivity index (χ1) is 9.32. The van der Waals surface area contributed by atoms with Crippen molar-refractivity contribution in [1.29, 1.82) is 0 Å². The molecule has 1 saturated heterocycles. The van der Waals surface area contributed by atoms with E-state index in [0.29, 0.717) is 25.1 Å². The molecule has 1 aliphatic rings. The Hall–Kier alpha value is -1.57. The summed E-state index contributed by atoms with van der Waals surface area (Å²) in [5.74, 6) is -0.407. The van der Waals surface area contributed by atoms with Crippen LogP contribution in [0, 0.1) is 6.92 Å². The van der Waals surface area contributed by atoms with Gasteiger partial charge in [0.05, 0.1) is 13.2 Å². The average molecular weight is 291 g/mol. The van der Waals surface area contributed by atoms with E-state index in [1.54, 1.807) is 6.92 Å². The first kappa shape index (κ1) is 14.8. The molecule has 5 nitrogen and oxygen atoms in total. The van der Waals surface area contributed by atoms with E-state index in [2.05, 4.69) is 15.2 Å². The molecule has 1 aliphatic heterocycles. The SMILES string of the molecule is COC(=O)C1CC(n2nc(C(F)(F)F)cc2C)CCN1. The molecule has 20 heavy (non-hydrogen) atoms. The van der Waals surface area contributed by atoms with E-state index in [-0.39, 0.29) is 6.04 Å². The molecule has 0 aliphatic carbocycles. The van der Waals surface area contributed by atoms with Crippen molar-refractivity contribution in [2.75, 3.05) is 13.7 Å². The van der Waals surface area contributed by atoms with Crippen molar-refractivity contribution in [2.45, 2.75) is 38.0 Å². The molecule has 8 heteroatoms. The van der Waals surface area contributed by atoms with Crippen LogP contribution in [0.4, 0.5) is 13.2 Å². The van der Waals surface area contributed by atoms with Crippen molar-refractivity contribution in [3.05, 3.63) is 17.5 Å². The lowest BCUT2D eigenvalue weighted by Crippen LogP contribution is -2.44. The Bertz CT molecular complexity index is 499. The zero-order chi connectivity index (χ0) is 14.9. The number of carbonyl (C=O) groups is 1. The lowest BCUT2D eigenvalue weighted by molar-refractivity contribution is -0.144. The summed E-state index contributed by atoms with van der Waals surface area (Å²) in [6.45, 7) is 2.11. The minimum absolute atomic E-state index is 0.239. The van der Waals surface area contributed by atoms with Crippen LogP contribution in [0.25, 0.3) is 0 Å². The van der Waals surface area contributed by atoms with Crippen LogP contribution in [-0.2, 0) is 15.7 Å². The van der Waals surface area contributed by atoms with Crippen LogP contribution in [0.5, 0.6) is 0 Å². The van der Waals surface area contributed by atoms with E-state index in [0.717, 1.165) is 6.07 Å². The van der Waals surface area contributed by atoms with Gasteiger partial charge < -0.3 is 10.1 Å². The maximum absolute atomic E-state index is 12.6. The van der Waals surface area contributed by atoms with Crippen LogP contribution in [-0.4, -0.2) is 35.4 Å². The van der Waals surface area contributed by atoms with E-state index < -0.39 is 23.9 Å². The first-order valence-electron chi connectivity index (χ1n) is 6.27. The van der Waals surface area contributed by atoms with E-state index in [9.17, 15) is 18.0 Å². The van der Waals surface area contributed by atoms with E-state index in [1.165, 1.54) is 11.8 Å². The Labute approximate surface area is 114 Å². The fraction of sp³-hybridized carbons (Fsp3) is 0.667. The molecule has 1 fully saturated rings. The second kappa shape index (κ2) is 5.43. The van der Waals surface area contributed by atoms with Gasteiger partial charge in [-0.3, -0.25) is 9.48 Å². The molecule has 112 valence electrons. The Morgan fingerprint density at radius 1 is 1.55 bits per heavy atom. The van der Waals surface area contributed by atoms with Crippen molar-refractivity contribution >= 4 is 5.97 Å². The minimum Gasteiger partial charge on any atom is -0.468 e. The molecule has 0 spiro atoms. The lowest BCUT2D eigenvalue weighted by atomic mass is 9.99. The van der Waals surface area contributed by atoms with Crippen molar-refractivity contribution in [1.82, 2.24) is 15.1 Å². The number of rotatable bonds is 2. The molecule has 1 aromatic heterocycles. The number of esters is 1. The molecule has 1 aromatic rings. The number of hydrogen-bond donors (Lipinski definition) is 1. The van der Waals surface area contributed by atoms with Gasteiger partial charge in [0.25, 0.3) is 0 Å². The molecule has 2 heterocycles. The van der Waals surface area contributed by atoms with Crippen molar-refractivity contribution in [3.8, 4) is 0 Å². The number of aromatic nitrogens is 2. The van der Waals surface area contributed by atoms with Gasteiger partial charge in [-0.05, 0) is 32.4 Å². The summed E-state index contributed by atoms with van der Waals surface area (Å²) >= 11 is 0. The number of aryl methyl sites for hydroxylation is 1. The quantitative estimate of drug-likeness (QED) is 0.842. The predicted molar refractivity (Wildman–Crippen MR) is 64.0 cm³/mol. The summed E-state index contributed by atoms with van der Waals surface area (Å²) in [5, 5.41) is 6.62. The number of hydrogen-bond acceptors (Lipinski definition) is 4. The Morgan fingerprint density at radius 2 is 2.25 bits per heavy atom. The van der Waals surface area contributed by atoms with E-state index in [1.807, 2.05) is 0 Å². The van der Waals surface area contributed by atoms with Gasteiger partial charge in [-0.15, -0.1) is 0 Å². The molecule has 1 N–H and O–H groups in total. The Balaban J connectivity index is 2.19. The highest BCUT2D eigenvalue weighted by Crippen LogP contribution is 2.31. The third-order valence-electron chi connectivity index (χ3n) is 3.42. The second-order valence-corrected chi connectivity index (χ2v) is 4.82. The van der Waals surface area contributed by atoms with Crippen LogP contribution >= 0.6 is 0 Å². The van der Waals surface area contributed by atoms with Crippen molar-refractivity contribution in [2.24, 2.45) is 0 Å². The Kier molecular flexibility index (Phi) is 4.03. The third-order valence-corrected chi connectivity index (χ3v) is 3.42. The molecule has 0 radical (unpaired) electrons. The van der Waals surface area contributed by atoms with Crippen LogP contribution in [0.2, 0.25) is 0 Å². The molecule has 2 rings (SSSR count). The number of ether oxygens (including phenoxy) is 1. The minimum atomic E-state index is -4.45. The highest BCUT2D eigenvalue weighted by Gasteiger charge is 2.36. The smallest absolute Gasteiger partial charge is 0.435 e. The van der Waals surface area contributed by atoms with Crippen LogP contribution in [0.15, 0.2) is 6.07 Å². The number of nitrogens with zero attached hydrogens (tertiary/aromatic N) is 2. The van der Waals surface area contributed by atoms with Gasteiger partial charge in [-0.25, -0.2) is 0 Å². The summed E-state index contributed by atoms with van der Waals surface area (Å²) < 4.78 is 44.0. The molecule has 0 aromatic carbocycles. The zero-order valence-corrected chi connectivity index (χ0v) is 11.2. The third kappa shape index (κ3) is 2.95. The summed E-state index contributed by atoms with van der Waals surface area (Å²) in [7, 11) is 1.29. The monoisotopic (exact) mass is 291 g/mol. The Morgan fingerprint density at radius 3 is 2.80 bits per heavy atom. The molecular formula is C12H16F3N3O2.